The summed E-state index contributed by atoms with van der Waals surface area (Å²) >= 11 is 0. The fraction of sp³-hybridized carbons (Fsp3) is 0.529. The average molecular weight is 319 g/mol. The van der Waals surface area contributed by atoms with E-state index >= 15 is 0 Å². The number of ether oxygens (including phenoxy) is 2. The standard InChI is InChI=1S/C17H21NO5/c19-16(18-15(17(20)21)11-1-2-11)12-3-5-13(6-4-12)23-14-7-9-22-10-8-14/h3-6,11,14-15H,1-2,7-10H2,(H,18,19)(H,20,21). The third-order valence-corrected chi connectivity index (χ3v) is 4.23. The van der Waals surface area contributed by atoms with Crippen molar-refractivity contribution < 1.29 is 24.2 Å². The summed E-state index contributed by atoms with van der Waals surface area (Å²) in [5, 5.41) is 11.8. The Morgan fingerprint density at radius 3 is 2.35 bits per heavy atom. The molecule has 1 aromatic carbocycles. The van der Waals surface area contributed by atoms with Crippen molar-refractivity contribution in [1.29, 1.82) is 0 Å². The van der Waals surface area contributed by atoms with Crippen LogP contribution in [0.4, 0.5) is 0 Å². The highest BCUT2D eigenvalue weighted by atomic mass is 16.5. The molecule has 6 heteroatoms. The monoisotopic (exact) mass is 319 g/mol. The molecule has 1 atom stereocenters. The smallest absolute Gasteiger partial charge is 0.326 e. The topological polar surface area (TPSA) is 84.9 Å². The predicted octanol–water partition coefficient (Wildman–Crippen LogP) is 1.84. The van der Waals surface area contributed by atoms with Crippen molar-refractivity contribution in [3.8, 4) is 5.75 Å². The Hall–Kier alpha value is -2.08. The number of rotatable bonds is 6. The summed E-state index contributed by atoms with van der Waals surface area (Å²) in [4.78, 5) is 23.3. The van der Waals surface area contributed by atoms with Gasteiger partial charge in [0.05, 0.1) is 13.2 Å². The first-order valence-corrected chi connectivity index (χ1v) is 8.01. The number of carboxylic acids is 1. The first kappa shape index (κ1) is 15.8. The molecule has 1 heterocycles. The van der Waals surface area contributed by atoms with E-state index in [0.717, 1.165) is 25.7 Å². The summed E-state index contributed by atoms with van der Waals surface area (Å²) in [6.45, 7) is 1.42. The third-order valence-electron chi connectivity index (χ3n) is 4.23. The number of carboxylic acid groups (broad SMARTS) is 1. The van der Waals surface area contributed by atoms with E-state index in [2.05, 4.69) is 5.32 Å². The molecule has 6 nitrogen and oxygen atoms in total. The number of hydrogen-bond acceptors (Lipinski definition) is 4. The summed E-state index contributed by atoms with van der Waals surface area (Å²) in [7, 11) is 0. The largest absolute Gasteiger partial charge is 0.490 e. The number of benzene rings is 1. The van der Waals surface area contributed by atoms with Crippen LogP contribution in [0.25, 0.3) is 0 Å². The first-order valence-electron chi connectivity index (χ1n) is 8.01. The Labute approximate surface area is 134 Å². The molecule has 0 bridgehead atoms. The molecule has 0 spiro atoms. The molecule has 1 unspecified atom stereocenters. The lowest BCUT2D eigenvalue weighted by atomic mass is 10.1. The Morgan fingerprint density at radius 1 is 1.13 bits per heavy atom. The van der Waals surface area contributed by atoms with Crippen LogP contribution in [0.3, 0.4) is 0 Å². The van der Waals surface area contributed by atoms with Crippen molar-refractivity contribution in [3.63, 3.8) is 0 Å². The van der Waals surface area contributed by atoms with Gasteiger partial charge < -0.3 is 19.9 Å². The molecule has 2 aliphatic rings. The number of carbonyl (C=O) groups is 2. The van der Waals surface area contributed by atoms with Gasteiger partial charge in [0.1, 0.15) is 17.9 Å². The van der Waals surface area contributed by atoms with Gasteiger partial charge in [0, 0.05) is 18.4 Å². The molecule has 124 valence electrons. The quantitative estimate of drug-likeness (QED) is 0.836. The van der Waals surface area contributed by atoms with Crippen molar-refractivity contribution in [2.45, 2.75) is 37.8 Å². The van der Waals surface area contributed by atoms with Crippen LogP contribution in [0.15, 0.2) is 24.3 Å². The van der Waals surface area contributed by atoms with E-state index < -0.39 is 12.0 Å². The van der Waals surface area contributed by atoms with Gasteiger partial charge in [-0.15, -0.1) is 0 Å². The van der Waals surface area contributed by atoms with Crippen LogP contribution in [-0.2, 0) is 9.53 Å². The molecule has 1 aliphatic heterocycles. The number of hydrogen-bond donors (Lipinski definition) is 2. The fourth-order valence-corrected chi connectivity index (χ4v) is 2.71. The van der Waals surface area contributed by atoms with E-state index in [1.807, 2.05) is 0 Å². The van der Waals surface area contributed by atoms with E-state index in [1.165, 1.54) is 0 Å². The molecule has 1 aromatic rings. The summed E-state index contributed by atoms with van der Waals surface area (Å²) in [5.74, 6) is -0.555. The van der Waals surface area contributed by atoms with Crippen LogP contribution in [0.2, 0.25) is 0 Å². The molecular weight excluding hydrogens is 298 g/mol. The zero-order chi connectivity index (χ0) is 16.2. The maximum atomic E-state index is 12.2. The normalized spacial score (nSPS) is 19.8. The SMILES string of the molecule is O=C(NC(C(=O)O)C1CC1)c1ccc(OC2CCOCC2)cc1. The van der Waals surface area contributed by atoms with Gasteiger partial charge >= 0.3 is 5.97 Å². The molecular formula is C17H21NO5. The van der Waals surface area contributed by atoms with E-state index in [1.54, 1.807) is 24.3 Å². The van der Waals surface area contributed by atoms with Crippen molar-refractivity contribution in [2.75, 3.05) is 13.2 Å². The molecule has 0 aromatic heterocycles. The third kappa shape index (κ3) is 4.22. The van der Waals surface area contributed by atoms with E-state index in [0.29, 0.717) is 24.5 Å². The lowest BCUT2D eigenvalue weighted by Crippen LogP contribution is -2.42. The summed E-state index contributed by atoms with van der Waals surface area (Å²) in [6, 6.07) is 6.03. The van der Waals surface area contributed by atoms with Crippen LogP contribution in [0.5, 0.6) is 5.75 Å². The van der Waals surface area contributed by atoms with Gasteiger partial charge in [-0.05, 0) is 43.0 Å². The minimum Gasteiger partial charge on any atom is -0.490 e. The highest BCUT2D eigenvalue weighted by molar-refractivity contribution is 5.96. The molecule has 2 fully saturated rings. The number of aliphatic carboxylic acids is 1. The molecule has 1 saturated carbocycles. The highest BCUT2D eigenvalue weighted by Gasteiger charge is 2.37. The fourth-order valence-electron chi connectivity index (χ4n) is 2.71. The van der Waals surface area contributed by atoms with Crippen LogP contribution < -0.4 is 10.1 Å². The summed E-state index contributed by atoms with van der Waals surface area (Å²) < 4.78 is 11.1. The Kier molecular flexibility index (Phi) is 4.81. The molecule has 1 saturated heterocycles. The molecule has 2 N–H and O–H groups in total. The van der Waals surface area contributed by atoms with Gasteiger partial charge in [-0.25, -0.2) is 4.79 Å². The lowest BCUT2D eigenvalue weighted by molar-refractivity contribution is -0.139. The van der Waals surface area contributed by atoms with E-state index in [9.17, 15) is 9.59 Å². The Morgan fingerprint density at radius 2 is 1.78 bits per heavy atom. The highest BCUT2D eigenvalue weighted by Crippen LogP contribution is 2.32. The van der Waals surface area contributed by atoms with Gasteiger partial charge in [-0.1, -0.05) is 0 Å². The van der Waals surface area contributed by atoms with E-state index in [-0.39, 0.29) is 17.9 Å². The second-order valence-electron chi connectivity index (χ2n) is 6.08. The number of nitrogens with one attached hydrogen (secondary N) is 1. The Balaban J connectivity index is 1.57. The molecule has 3 rings (SSSR count). The molecule has 0 radical (unpaired) electrons. The van der Waals surface area contributed by atoms with Gasteiger partial charge in [-0.3, -0.25) is 4.79 Å². The maximum Gasteiger partial charge on any atom is 0.326 e. The summed E-state index contributed by atoms with van der Waals surface area (Å²) in [5.41, 5.74) is 0.441. The minimum absolute atomic E-state index is 0.0626. The van der Waals surface area contributed by atoms with Crippen molar-refractivity contribution in [2.24, 2.45) is 5.92 Å². The van der Waals surface area contributed by atoms with Crippen LogP contribution in [-0.4, -0.2) is 42.3 Å². The Bertz CT molecular complexity index is 561. The van der Waals surface area contributed by atoms with Gasteiger partial charge in [0.2, 0.25) is 0 Å². The zero-order valence-electron chi connectivity index (χ0n) is 12.9. The van der Waals surface area contributed by atoms with Gasteiger partial charge in [0.25, 0.3) is 5.91 Å². The minimum atomic E-state index is -0.972. The molecule has 1 aliphatic carbocycles. The average Bonchev–Trinajstić information content (AvgIpc) is 3.38. The first-order chi connectivity index (χ1) is 11.1. The number of amides is 1. The molecule has 1 amide bonds. The van der Waals surface area contributed by atoms with Crippen LogP contribution in [0.1, 0.15) is 36.0 Å². The van der Waals surface area contributed by atoms with Crippen molar-refractivity contribution in [1.82, 2.24) is 5.32 Å². The second-order valence-corrected chi connectivity index (χ2v) is 6.08. The molecule has 23 heavy (non-hydrogen) atoms. The van der Waals surface area contributed by atoms with Crippen molar-refractivity contribution >= 4 is 11.9 Å². The van der Waals surface area contributed by atoms with Gasteiger partial charge in [-0.2, -0.15) is 0 Å². The number of carbonyl (C=O) groups excluding carboxylic acids is 1. The zero-order valence-corrected chi connectivity index (χ0v) is 12.9. The lowest BCUT2D eigenvalue weighted by Gasteiger charge is -2.23. The predicted molar refractivity (Wildman–Crippen MR) is 82.5 cm³/mol. The summed E-state index contributed by atoms with van der Waals surface area (Å²) in [6.07, 6.45) is 3.59. The second kappa shape index (κ2) is 7.00. The maximum absolute atomic E-state index is 12.2. The van der Waals surface area contributed by atoms with Crippen LogP contribution >= 0.6 is 0 Å². The van der Waals surface area contributed by atoms with Gasteiger partial charge in [0.15, 0.2) is 0 Å². The van der Waals surface area contributed by atoms with E-state index in [4.69, 9.17) is 14.6 Å². The van der Waals surface area contributed by atoms with Crippen LogP contribution in [0, 0.1) is 5.92 Å². The van der Waals surface area contributed by atoms with Crippen molar-refractivity contribution in [3.05, 3.63) is 29.8 Å².